The average molecular weight is 265 g/mol. The maximum Gasteiger partial charge on any atom is 0.410 e. The highest BCUT2D eigenvalue weighted by atomic mass is 19.1. The van der Waals surface area contributed by atoms with E-state index >= 15 is 0 Å². The topological polar surface area (TPSA) is 29.5 Å². The van der Waals surface area contributed by atoms with Gasteiger partial charge in [0.1, 0.15) is 12.8 Å². The molecule has 1 aliphatic heterocycles. The summed E-state index contributed by atoms with van der Waals surface area (Å²) in [6, 6.07) is 7.81. The fourth-order valence-electron chi connectivity index (χ4n) is 2.11. The minimum Gasteiger partial charge on any atom is -0.445 e. The molecule has 3 nitrogen and oxygen atoms in total. The van der Waals surface area contributed by atoms with Gasteiger partial charge in [0, 0.05) is 6.54 Å². The van der Waals surface area contributed by atoms with Crippen LogP contribution in [0.2, 0.25) is 0 Å². The number of aryl methyl sites for hydroxylation is 1. The van der Waals surface area contributed by atoms with Crippen LogP contribution in [0.1, 0.15) is 24.5 Å². The Balaban J connectivity index is 1.83. The van der Waals surface area contributed by atoms with E-state index in [1.165, 1.54) is 10.5 Å². The second kappa shape index (κ2) is 6.04. The summed E-state index contributed by atoms with van der Waals surface area (Å²) in [6.07, 6.45) is -0.670. The van der Waals surface area contributed by atoms with Crippen LogP contribution in [0.3, 0.4) is 0 Å². The molecule has 1 heterocycles. The lowest BCUT2D eigenvalue weighted by molar-refractivity contribution is 0.0556. The molecule has 0 aromatic heterocycles. The van der Waals surface area contributed by atoms with Crippen LogP contribution >= 0.6 is 0 Å². The van der Waals surface area contributed by atoms with E-state index in [1.807, 2.05) is 38.1 Å². The van der Waals surface area contributed by atoms with Crippen LogP contribution in [0.15, 0.2) is 24.3 Å². The molecule has 1 aromatic carbocycles. The molecule has 0 radical (unpaired) electrons. The molecule has 1 fully saturated rings. The molecule has 104 valence electrons. The number of piperidine rings is 1. The van der Waals surface area contributed by atoms with Crippen molar-refractivity contribution in [3.05, 3.63) is 35.4 Å². The van der Waals surface area contributed by atoms with Crippen molar-refractivity contribution in [2.75, 3.05) is 13.1 Å². The van der Waals surface area contributed by atoms with Gasteiger partial charge in [-0.15, -0.1) is 0 Å². The van der Waals surface area contributed by atoms with E-state index < -0.39 is 12.3 Å². The van der Waals surface area contributed by atoms with Crippen molar-refractivity contribution >= 4 is 6.09 Å². The van der Waals surface area contributed by atoms with Crippen molar-refractivity contribution in [3.8, 4) is 0 Å². The standard InChI is InChI=1S/C15H20FNO2/c1-11-3-5-13(6-4-11)10-19-15(18)17-8-7-12(2)14(16)9-17/h3-6,12,14H,7-10H2,1-2H3/t12-,14+/m0/s1. The molecule has 0 aliphatic carbocycles. The first-order valence-corrected chi connectivity index (χ1v) is 6.67. The van der Waals surface area contributed by atoms with Crippen LogP contribution in [0.25, 0.3) is 0 Å². The number of nitrogens with zero attached hydrogens (tertiary/aromatic N) is 1. The molecular weight excluding hydrogens is 245 g/mol. The summed E-state index contributed by atoms with van der Waals surface area (Å²) in [6.45, 7) is 4.84. The van der Waals surface area contributed by atoms with Gasteiger partial charge < -0.3 is 9.64 Å². The monoisotopic (exact) mass is 265 g/mol. The number of hydrogen-bond donors (Lipinski definition) is 0. The van der Waals surface area contributed by atoms with Crippen LogP contribution in [0.5, 0.6) is 0 Å². The Morgan fingerprint density at radius 2 is 2.11 bits per heavy atom. The third-order valence-electron chi connectivity index (χ3n) is 3.61. The summed E-state index contributed by atoms with van der Waals surface area (Å²) in [4.78, 5) is 13.3. The van der Waals surface area contributed by atoms with Crippen molar-refractivity contribution in [1.82, 2.24) is 4.90 Å². The van der Waals surface area contributed by atoms with Gasteiger partial charge >= 0.3 is 6.09 Å². The minimum absolute atomic E-state index is 0.0288. The molecular formula is C15H20FNO2. The van der Waals surface area contributed by atoms with Crippen LogP contribution in [-0.4, -0.2) is 30.3 Å². The van der Waals surface area contributed by atoms with E-state index in [2.05, 4.69) is 0 Å². The second-order valence-corrected chi connectivity index (χ2v) is 5.27. The Morgan fingerprint density at radius 1 is 1.42 bits per heavy atom. The van der Waals surface area contributed by atoms with Gasteiger partial charge in [0.15, 0.2) is 0 Å². The lowest BCUT2D eigenvalue weighted by atomic mass is 9.98. The van der Waals surface area contributed by atoms with Crippen LogP contribution in [-0.2, 0) is 11.3 Å². The number of likely N-dealkylation sites (tertiary alicyclic amines) is 1. The van der Waals surface area contributed by atoms with Gasteiger partial charge in [0.05, 0.1) is 6.54 Å². The molecule has 0 spiro atoms. The first kappa shape index (κ1) is 13.8. The second-order valence-electron chi connectivity index (χ2n) is 5.27. The van der Waals surface area contributed by atoms with E-state index in [4.69, 9.17) is 4.74 Å². The molecule has 19 heavy (non-hydrogen) atoms. The van der Waals surface area contributed by atoms with Crippen molar-refractivity contribution < 1.29 is 13.9 Å². The molecule has 4 heteroatoms. The lowest BCUT2D eigenvalue weighted by Gasteiger charge is -2.32. The van der Waals surface area contributed by atoms with Gasteiger partial charge in [-0.2, -0.15) is 0 Å². The summed E-state index contributed by atoms with van der Waals surface area (Å²) >= 11 is 0. The highest BCUT2D eigenvalue weighted by Gasteiger charge is 2.29. The van der Waals surface area contributed by atoms with Crippen molar-refractivity contribution in [3.63, 3.8) is 0 Å². The molecule has 1 amide bonds. The Morgan fingerprint density at radius 3 is 2.74 bits per heavy atom. The van der Waals surface area contributed by atoms with Gasteiger partial charge in [0.2, 0.25) is 0 Å². The highest BCUT2D eigenvalue weighted by molar-refractivity contribution is 5.67. The van der Waals surface area contributed by atoms with Crippen molar-refractivity contribution in [1.29, 1.82) is 0 Å². The normalized spacial score (nSPS) is 23.2. The van der Waals surface area contributed by atoms with E-state index in [1.54, 1.807) is 0 Å². The molecule has 0 unspecified atom stereocenters. The van der Waals surface area contributed by atoms with Crippen LogP contribution in [0, 0.1) is 12.8 Å². The summed E-state index contributed by atoms with van der Waals surface area (Å²) in [5.74, 6) is 0.0288. The third kappa shape index (κ3) is 3.69. The lowest BCUT2D eigenvalue weighted by Crippen LogP contribution is -2.44. The summed E-state index contributed by atoms with van der Waals surface area (Å²) in [5, 5.41) is 0. The Kier molecular flexibility index (Phi) is 4.40. The minimum atomic E-state index is -0.944. The zero-order chi connectivity index (χ0) is 13.8. The first-order valence-electron chi connectivity index (χ1n) is 6.67. The fraction of sp³-hybridized carbons (Fsp3) is 0.533. The fourth-order valence-corrected chi connectivity index (χ4v) is 2.11. The van der Waals surface area contributed by atoms with Crippen molar-refractivity contribution in [2.24, 2.45) is 5.92 Å². The third-order valence-corrected chi connectivity index (χ3v) is 3.61. The SMILES string of the molecule is Cc1ccc(COC(=O)N2CC[C@H](C)[C@H](F)C2)cc1. The number of alkyl halides is 1. The summed E-state index contributed by atoms with van der Waals surface area (Å²) in [5.41, 5.74) is 2.11. The predicted octanol–water partition coefficient (Wildman–Crippen LogP) is 3.31. The molecule has 1 saturated heterocycles. The largest absolute Gasteiger partial charge is 0.445 e. The van der Waals surface area contributed by atoms with E-state index in [0.717, 1.165) is 5.56 Å². The van der Waals surface area contributed by atoms with Crippen LogP contribution < -0.4 is 0 Å². The smallest absolute Gasteiger partial charge is 0.410 e. The Bertz CT molecular complexity index is 432. The Hall–Kier alpha value is -1.58. The summed E-state index contributed by atoms with van der Waals surface area (Å²) < 4.78 is 18.8. The maximum atomic E-state index is 13.5. The number of carbonyl (C=O) groups is 1. The average Bonchev–Trinajstić information content (AvgIpc) is 2.41. The van der Waals surface area contributed by atoms with Gasteiger partial charge in [-0.25, -0.2) is 9.18 Å². The van der Waals surface area contributed by atoms with E-state index in [9.17, 15) is 9.18 Å². The highest BCUT2D eigenvalue weighted by Crippen LogP contribution is 2.20. The molecule has 2 atom stereocenters. The van der Waals surface area contributed by atoms with E-state index in [0.29, 0.717) is 13.0 Å². The number of carbonyl (C=O) groups excluding carboxylic acids is 1. The molecule has 0 N–H and O–H groups in total. The zero-order valence-electron chi connectivity index (χ0n) is 11.4. The molecule has 0 saturated carbocycles. The number of hydrogen-bond acceptors (Lipinski definition) is 2. The number of benzene rings is 1. The number of amides is 1. The molecule has 1 aliphatic rings. The number of halogens is 1. The Labute approximate surface area is 113 Å². The van der Waals surface area contributed by atoms with Crippen molar-refractivity contribution in [2.45, 2.75) is 33.0 Å². The predicted molar refractivity (Wildman–Crippen MR) is 71.6 cm³/mol. The number of ether oxygens (including phenoxy) is 1. The first-order chi connectivity index (χ1) is 9.06. The van der Waals surface area contributed by atoms with Crippen LogP contribution in [0.4, 0.5) is 9.18 Å². The number of rotatable bonds is 2. The van der Waals surface area contributed by atoms with Gasteiger partial charge in [-0.1, -0.05) is 36.8 Å². The molecule has 0 bridgehead atoms. The van der Waals surface area contributed by atoms with Gasteiger partial charge in [0.25, 0.3) is 0 Å². The summed E-state index contributed by atoms with van der Waals surface area (Å²) in [7, 11) is 0. The van der Waals surface area contributed by atoms with Gasteiger partial charge in [-0.3, -0.25) is 0 Å². The quantitative estimate of drug-likeness (QED) is 0.821. The molecule has 1 aromatic rings. The van der Waals surface area contributed by atoms with Gasteiger partial charge in [-0.05, 0) is 24.8 Å². The van der Waals surface area contributed by atoms with E-state index in [-0.39, 0.29) is 19.1 Å². The zero-order valence-corrected chi connectivity index (χ0v) is 11.4. The molecule has 2 rings (SSSR count). The maximum absolute atomic E-state index is 13.5.